The lowest BCUT2D eigenvalue weighted by molar-refractivity contribution is -0.119. The van der Waals surface area contributed by atoms with E-state index < -0.39 is 6.03 Å². The maximum Gasteiger partial charge on any atom is 0.321 e. The molecular formula is C17H19N3O3. The van der Waals surface area contributed by atoms with Gasteiger partial charge in [-0.15, -0.1) is 0 Å². The molecule has 0 aliphatic heterocycles. The van der Waals surface area contributed by atoms with Crippen LogP contribution >= 0.6 is 0 Å². The van der Waals surface area contributed by atoms with Gasteiger partial charge >= 0.3 is 6.03 Å². The fraction of sp³-hybridized carbons (Fsp3) is 0.294. The number of imide groups is 1. The van der Waals surface area contributed by atoms with Crippen LogP contribution in [0.25, 0.3) is 0 Å². The van der Waals surface area contributed by atoms with Crippen molar-refractivity contribution in [3.05, 3.63) is 60.1 Å². The second-order valence-corrected chi connectivity index (χ2v) is 5.54. The van der Waals surface area contributed by atoms with Gasteiger partial charge in [-0.05, 0) is 30.5 Å². The van der Waals surface area contributed by atoms with Gasteiger partial charge in [0.05, 0.1) is 18.8 Å². The molecular weight excluding hydrogens is 294 g/mol. The molecule has 3 rings (SSSR count). The summed E-state index contributed by atoms with van der Waals surface area (Å²) in [6.45, 7) is 0.0122. The highest BCUT2D eigenvalue weighted by molar-refractivity contribution is 5.95. The summed E-state index contributed by atoms with van der Waals surface area (Å²) < 4.78 is 5.45. The zero-order chi connectivity index (χ0) is 16.1. The van der Waals surface area contributed by atoms with Crippen LogP contribution in [0.2, 0.25) is 0 Å². The SMILES string of the molecule is O=C(CN[C@@H](c1ccccc1)c1ccco1)NC(=O)NC1CC1. The maximum absolute atomic E-state index is 11.9. The van der Waals surface area contributed by atoms with E-state index in [1.165, 1.54) is 0 Å². The lowest BCUT2D eigenvalue weighted by Gasteiger charge is -2.17. The van der Waals surface area contributed by atoms with E-state index in [1.54, 1.807) is 12.3 Å². The van der Waals surface area contributed by atoms with E-state index in [9.17, 15) is 9.59 Å². The van der Waals surface area contributed by atoms with Gasteiger partial charge < -0.3 is 9.73 Å². The molecule has 1 aliphatic carbocycles. The Bertz CT molecular complexity index is 651. The van der Waals surface area contributed by atoms with Gasteiger partial charge in [0.2, 0.25) is 5.91 Å². The zero-order valence-corrected chi connectivity index (χ0v) is 12.6. The van der Waals surface area contributed by atoms with Crippen molar-refractivity contribution in [1.82, 2.24) is 16.0 Å². The molecule has 1 aromatic heterocycles. The number of urea groups is 1. The Kier molecular flexibility index (Phi) is 4.73. The Morgan fingerprint density at radius 3 is 2.57 bits per heavy atom. The van der Waals surface area contributed by atoms with E-state index in [2.05, 4.69) is 16.0 Å². The standard InChI is InChI=1S/C17H19N3O3/c21-15(20-17(22)19-13-8-9-13)11-18-16(14-7-4-10-23-14)12-5-2-1-3-6-12/h1-7,10,13,16,18H,8-9,11H2,(H2,19,20,21,22)/t16-/m0/s1. The van der Waals surface area contributed by atoms with Crippen LogP contribution in [-0.2, 0) is 4.79 Å². The highest BCUT2D eigenvalue weighted by atomic mass is 16.3. The molecule has 3 amide bonds. The van der Waals surface area contributed by atoms with Crippen molar-refractivity contribution in [2.24, 2.45) is 0 Å². The van der Waals surface area contributed by atoms with Crippen LogP contribution in [0.1, 0.15) is 30.2 Å². The summed E-state index contributed by atoms with van der Waals surface area (Å²) in [5.74, 6) is 0.335. The average Bonchev–Trinajstić information content (AvgIpc) is 3.19. The van der Waals surface area contributed by atoms with Crippen LogP contribution in [0.5, 0.6) is 0 Å². The van der Waals surface area contributed by atoms with Crippen LogP contribution in [0, 0.1) is 0 Å². The second-order valence-electron chi connectivity index (χ2n) is 5.54. The predicted octanol–water partition coefficient (Wildman–Crippen LogP) is 1.95. The van der Waals surface area contributed by atoms with Crippen molar-refractivity contribution in [2.75, 3.05) is 6.54 Å². The molecule has 1 aliphatic rings. The monoisotopic (exact) mass is 313 g/mol. The summed E-state index contributed by atoms with van der Waals surface area (Å²) >= 11 is 0. The minimum Gasteiger partial charge on any atom is -0.467 e. The van der Waals surface area contributed by atoms with Crippen molar-refractivity contribution < 1.29 is 14.0 Å². The predicted molar refractivity (Wildman–Crippen MR) is 84.7 cm³/mol. The Balaban J connectivity index is 1.58. The molecule has 0 unspecified atom stereocenters. The van der Waals surface area contributed by atoms with E-state index >= 15 is 0 Å². The fourth-order valence-electron chi connectivity index (χ4n) is 2.30. The number of rotatable bonds is 6. The van der Waals surface area contributed by atoms with Gasteiger partial charge in [-0.25, -0.2) is 4.79 Å². The summed E-state index contributed by atoms with van der Waals surface area (Å²) in [6.07, 6.45) is 3.55. The van der Waals surface area contributed by atoms with Gasteiger partial charge in [0.15, 0.2) is 0 Å². The third kappa shape index (κ3) is 4.43. The molecule has 1 fully saturated rings. The highest BCUT2D eigenvalue weighted by Gasteiger charge is 2.24. The van der Waals surface area contributed by atoms with Crippen molar-refractivity contribution in [3.8, 4) is 0 Å². The van der Waals surface area contributed by atoms with Gasteiger partial charge in [0.25, 0.3) is 0 Å². The maximum atomic E-state index is 11.9. The topological polar surface area (TPSA) is 83.4 Å². The highest BCUT2D eigenvalue weighted by Crippen LogP contribution is 2.22. The van der Waals surface area contributed by atoms with Crippen molar-refractivity contribution in [3.63, 3.8) is 0 Å². The average molecular weight is 313 g/mol. The molecule has 1 aromatic carbocycles. The van der Waals surface area contributed by atoms with Crippen LogP contribution in [-0.4, -0.2) is 24.5 Å². The minimum atomic E-state index is -0.437. The summed E-state index contributed by atoms with van der Waals surface area (Å²) in [5.41, 5.74) is 0.984. The van der Waals surface area contributed by atoms with E-state index in [-0.39, 0.29) is 24.5 Å². The largest absolute Gasteiger partial charge is 0.467 e. The number of carbonyl (C=O) groups is 2. The lowest BCUT2D eigenvalue weighted by Crippen LogP contribution is -2.44. The Labute approximate surface area is 134 Å². The molecule has 2 aromatic rings. The molecule has 0 bridgehead atoms. The molecule has 0 radical (unpaired) electrons. The molecule has 1 heterocycles. The number of hydrogen-bond donors (Lipinski definition) is 3. The second kappa shape index (κ2) is 7.11. The molecule has 1 atom stereocenters. The molecule has 6 nitrogen and oxygen atoms in total. The summed E-state index contributed by atoms with van der Waals surface area (Å²) in [5, 5.41) is 8.16. The van der Waals surface area contributed by atoms with Gasteiger partial charge in [-0.3, -0.25) is 15.4 Å². The minimum absolute atomic E-state index is 0.0122. The molecule has 0 spiro atoms. The molecule has 1 saturated carbocycles. The zero-order valence-electron chi connectivity index (χ0n) is 12.6. The number of hydrogen-bond acceptors (Lipinski definition) is 4. The molecule has 3 N–H and O–H groups in total. The fourth-order valence-corrected chi connectivity index (χ4v) is 2.30. The van der Waals surface area contributed by atoms with Gasteiger partial charge in [-0.1, -0.05) is 30.3 Å². The quantitative estimate of drug-likeness (QED) is 0.761. The van der Waals surface area contributed by atoms with Gasteiger partial charge in [-0.2, -0.15) is 0 Å². The smallest absolute Gasteiger partial charge is 0.321 e. The van der Waals surface area contributed by atoms with E-state index in [1.807, 2.05) is 36.4 Å². The number of furan rings is 1. The van der Waals surface area contributed by atoms with E-state index in [0.717, 1.165) is 18.4 Å². The Hall–Kier alpha value is -2.60. The van der Waals surface area contributed by atoms with Crippen LogP contribution in [0.3, 0.4) is 0 Å². The number of benzene rings is 1. The first-order valence-corrected chi connectivity index (χ1v) is 7.64. The molecule has 120 valence electrons. The van der Waals surface area contributed by atoms with Crippen LogP contribution < -0.4 is 16.0 Å². The van der Waals surface area contributed by atoms with Gasteiger partial charge in [0.1, 0.15) is 5.76 Å². The van der Waals surface area contributed by atoms with Crippen LogP contribution in [0.4, 0.5) is 4.79 Å². The lowest BCUT2D eigenvalue weighted by atomic mass is 10.0. The van der Waals surface area contributed by atoms with Crippen LogP contribution in [0.15, 0.2) is 53.1 Å². The van der Waals surface area contributed by atoms with E-state index in [0.29, 0.717) is 5.76 Å². The third-order valence-corrected chi connectivity index (χ3v) is 3.59. The molecule has 0 saturated heterocycles. The van der Waals surface area contributed by atoms with Crippen molar-refractivity contribution in [2.45, 2.75) is 24.9 Å². The number of carbonyl (C=O) groups excluding carboxylic acids is 2. The summed E-state index contributed by atoms with van der Waals surface area (Å²) in [6, 6.07) is 12.9. The first kappa shape index (κ1) is 15.3. The van der Waals surface area contributed by atoms with Gasteiger partial charge in [0, 0.05) is 6.04 Å². The summed E-state index contributed by atoms with van der Waals surface area (Å²) in [4.78, 5) is 23.5. The van der Waals surface area contributed by atoms with Crippen molar-refractivity contribution >= 4 is 11.9 Å². The number of amides is 3. The normalized spacial score (nSPS) is 15.0. The number of nitrogens with one attached hydrogen (secondary N) is 3. The Morgan fingerprint density at radius 2 is 1.91 bits per heavy atom. The first-order valence-electron chi connectivity index (χ1n) is 7.64. The molecule has 23 heavy (non-hydrogen) atoms. The third-order valence-electron chi connectivity index (χ3n) is 3.59. The van der Waals surface area contributed by atoms with Crippen molar-refractivity contribution in [1.29, 1.82) is 0 Å². The summed E-state index contributed by atoms with van der Waals surface area (Å²) in [7, 11) is 0. The Morgan fingerprint density at radius 1 is 1.13 bits per heavy atom. The molecule has 6 heteroatoms. The first-order chi connectivity index (χ1) is 11.2. The van der Waals surface area contributed by atoms with E-state index in [4.69, 9.17) is 4.42 Å².